The minimum absolute atomic E-state index is 0.170. The lowest BCUT2D eigenvalue weighted by atomic mass is 10.2. The summed E-state index contributed by atoms with van der Waals surface area (Å²) < 4.78 is 5.05. The van der Waals surface area contributed by atoms with Crippen LogP contribution in [-0.2, 0) is 9.53 Å². The number of nitrogens with one attached hydrogen (secondary N) is 1. The van der Waals surface area contributed by atoms with Crippen LogP contribution in [0.3, 0.4) is 0 Å². The van der Waals surface area contributed by atoms with Crippen LogP contribution in [0.1, 0.15) is 23.7 Å². The number of carbonyl (C=O) groups is 2. The minimum atomic E-state index is -0.372. The maximum absolute atomic E-state index is 12.1. The Kier molecular flexibility index (Phi) is 7.62. The molecule has 0 saturated carbocycles. The molecule has 132 valence electrons. The van der Waals surface area contributed by atoms with E-state index < -0.39 is 0 Å². The van der Waals surface area contributed by atoms with E-state index >= 15 is 0 Å². The highest BCUT2D eigenvalue weighted by Crippen LogP contribution is 2.33. The third-order valence-electron chi connectivity index (χ3n) is 3.11. The van der Waals surface area contributed by atoms with Gasteiger partial charge < -0.3 is 10.1 Å². The highest BCUT2D eigenvalue weighted by molar-refractivity contribution is 8.00. The summed E-state index contributed by atoms with van der Waals surface area (Å²) in [6.07, 6.45) is 0.771. The van der Waals surface area contributed by atoms with Crippen LogP contribution < -0.4 is 5.32 Å². The monoisotopic (exact) mass is 397 g/mol. The molecule has 4 nitrogen and oxygen atoms in total. The lowest BCUT2D eigenvalue weighted by Gasteiger charge is -2.08. The highest BCUT2D eigenvalue weighted by atomic mass is 35.5. The fourth-order valence-electron chi connectivity index (χ4n) is 1.92. The summed E-state index contributed by atoms with van der Waals surface area (Å²) >= 11 is 13.4. The molecule has 0 atom stereocenters. The molecule has 0 aromatic heterocycles. The van der Waals surface area contributed by atoms with Crippen LogP contribution in [-0.4, -0.2) is 24.2 Å². The summed E-state index contributed by atoms with van der Waals surface area (Å²) in [5.74, 6) is -0.394. The van der Waals surface area contributed by atoms with Gasteiger partial charge in [-0.2, -0.15) is 0 Å². The van der Waals surface area contributed by atoms with Gasteiger partial charge in [-0.05, 0) is 42.8 Å². The van der Waals surface area contributed by atoms with Crippen molar-refractivity contribution in [2.24, 2.45) is 0 Å². The number of esters is 1. The van der Waals surface area contributed by atoms with Crippen LogP contribution in [0.15, 0.2) is 47.4 Å². The number of benzene rings is 2. The SMILES string of the molecule is CCCOC(=O)c1ccc(NC(=O)CSc2c(Cl)cccc2Cl)cc1. The first kappa shape index (κ1) is 19.6. The fourth-order valence-corrected chi connectivity index (χ4v) is 3.41. The Hall–Kier alpha value is -1.69. The smallest absolute Gasteiger partial charge is 0.338 e. The standard InChI is InChI=1S/C18H17Cl2NO3S/c1-2-10-24-18(23)12-6-8-13(9-7-12)21-16(22)11-25-17-14(19)4-3-5-15(17)20/h3-9H,2,10-11H2,1H3,(H,21,22). The van der Waals surface area contributed by atoms with Gasteiger partial charge in [0.25, 0.3) is 0 Å². The van der Waals surface area contributed by atoms with E-state index in [9.17, 15) is 9.59 Å². The first-order valence-corrected chi connectivity index (χ1v) is 9.39. The maximum atomic E-state index is 12.1. The lowest BCUT2D eigenvalue weighted by Crippen LogP contribution is -2.14. The molecule has 0 radical (unpaired) electrons. The lowest BCUT2D eigenvalue weighted by molar-refractivity contribution is -0.113. The molecule has 0 spiro atoms. The number of rotatable bonds is 7. The molecule has 0 unspecified atom stereocenters. The van der Waals surface area contributed by atoms with Crippen LogP contribution in [0, 0.1) is 0 Å². The van der Waals surface area contributed by atoms with Crippen molar-refractivity contribution in [2.75, 3.05) is 17.7 Å². The van der Waals surface area contributed by atoms with Gasteiger partial charge in [0.2, 0.25) is 5.91 Å². The van der Waals surface area contributed by atoms with E-state index in [0.29, 0.717) is 32.8 Å². The first-order chi connectivity index (χ1) is 12.0. The van der Waals surface area contributed by atoms with Gasteiger partial charge in [0.05, 0.1) is 28.0 Å². The number of halogens is 2. The van der Waals surface area contributed by atoms with Crippen molar-refractivity contribution in [1.29, 1.82) is 0 Å². The molecule has 0 aliphatic heterocycles. The van der Waals surface area contributed by atoms with Crippen LogP contribution in [0.5, 0.6) is 0 Å². The molecule has 0 saturated heterocycles. The Bertz CT molecular complexity index is 730. The van der Waals surface area contributed by atoms with Crippen LogP contribution in [0.25, 0.3) is 0 Å². The summed E-state index contributed by atoms with van der Waals surface area (Å²) in [6.45, 7) is 2.32. The fraction of sp³-hybridized carbons (Fsp3) is 0.222. The molecule has 0 bridgehead atoms. The van der Waals surface area contributed by atoms with E-state index in [1.54, 1.807) is 42.5 Å². The van der Waals surface area contributed by atoms with Crippen LogP contribution >= 0.6 is 35.0 Å². The second-order valence-corrected chi connectivity index (χ2v) is 6.90. The Morgan fingerprint density at radius 3 is 2.32 bits per heavy atom. The van der Waals surface area contributed by atoms with E-state index in [1.807, 2.05) is 6.92 Å². The predicted octanol–water partition coefficient (Wildman–Crippen LogP) is 5.29. The quantitative estimate of drug-likeness (QED) is 0.509. The Morgan fingerprint density at radius 1 is 1.08 bits per heavy atom. The molecular formula is C18H17Cl2NO3S. The average molecular weight is 398 g/mol. The molecule has 1 N–H and O–H groups in total. The number of amides is 1. The van der Waals surface area contributed by atoms with Crippen molar-refractivity contribution in [1.82, 2.24) is 0 Å². The Labute approximate surface area is 160 Å². The third-order valence-corrected chi connectivity index (χ3v) is 5.10. The Balaban J connectivity index is 1.89. The summed E-state index contributed by atoms with van der Waals surface area (Å²) in [6, 6.07) is 11.8. The van der Waals surface area contributed by atoms with E-state index in [4.69, 9.17) is 27.9 Å². The van der Waals surface area contributed by atoms with E-state index in [0.717, 1.165) is 6.42 Å². The molecule has 0 heterocycles. The van der Waals surface area contributed by atoms with Gasteiger partial charge >= 0.3 is 5.97 Å². The van der Waals surface area contributed by atoms with Crippen molar-refractivity contribution in [2.45, 2.75) is 18.2 Å². The van der Waals surface area contributed by atoms with E-state index in [-0.39, 0.29) is 17.6 Å². The third kappa shape index (κ3) is 5.96. The minimum Gasteiger partial charge on any atom is -0.462 e. The number of hydrogen-bond acceptors (Lipinski definition) is 4. The van der Waals surface area contributed by atoms with E-state index in [2.05, 4.69) is 5.32 Å². The van der Waals surface area contributed by atoms with Gasteiger partial charge in [-0.15, -0.1) is 11.8 Å². The molecular weight excluding hydrogens is 381 g/mol. The zero-order valence-corrected chi connectivity index (χ0v) is 15.9. The zero-order valence-electron chi connectivity index (χ0n) is 13.6. The molecule has 2 rings (SSSR count). The summed E-state index contributed by atoms with van der Waals surface area (Å²) in [4.78, 5) is 24.5. The molecule has 1 amide bonds. The second kappa shape index (κ2) is 9.70. The normalized spacial score (nSPS) is 10.4. The van der Waals surface area contributed by atoms with Gasteiger partial charge in [-0.1, -0.05) is 36.2 Å². The van der Waals surface area contributed by atoms with Crippen LogP contribution in [0.2, 0.25) is 10.0 Å². The molecule has 0 fully saturated rings. The topological polar surface area (TPSA) is 55.4 Å². The van der Waals surface area contributed by atoms with Crippen molar-refractivity contribution in [3.05, 3.63) is 58.1 Å². The number of thioether (sulfide) groups is 1. The summed E-state index contributed by atoms with van der Waals surface area (Å²) in [7, 11) is 0. The molecule has 2 aromatic carbocycles. The van der Waals surface area contributed by atoms with E-state index in [1.165, 1.54) is 11.8 Å². The van der Waals surface area contributed by atoms with Crippen molar-refractivity contribution >= 4 is 52.5 Å². The molecule has 0 aliphatic carbocycles. The molecule has 7 heteroatoms. The van der Waals surface area contributed by atoms with Gasteiger partial charge in [-0.3, -0.25) is 4.79 Å². The number of ether oxygens (including phenoxy) is 1. The van der Waals surface area contributed by atoms with Gasteiger partial charge in [0.15, 0.2) is 0 Å². The van der Waals surface area contributed by atoms with Crippen molar-refractivity contribution in [3.63, 3.8) is 0 Å². The second-order valence-electron chi connectivity index (χ2n) is 5.10. The maximum Gasteiger partial charge on any atom is 0.338 e. The molecule has 0 aliphatic rings. The van der Waals surface area contributed by atoms with Crippen molar-refractivity contribution < 1.29 is 14.3 Å². The van der Waals surface area contributed by atoms with Crippen LogP contribution in [0.4, 0.5) is 5.69 Å². The Morgan fingerprint density at radius 2 is 1.72 bits per heavy atom. The van der Waals surface area contributed by atoms with Crippen molar-refractivity contribution in [3.8, 4) is 0 Å². The highest BCUT2D eigenvalue weighted by Gasteiger charge is 2.10. The largest absolute Gasteiger partial charge is 0.462 e. The first-order valence-electron chi connectivity index (χ1n) is 7.65. The van der Waals surface area contributed by atoms with Gasteiger partial charge in [-0.25, -0.2) is 4.79 Å². The molecule has 25 heavy (non-hydrogen) atoms. The number of hydrogen-bond donors (Lipinski definition) is 1. The number of carbonyl (C=O) groups excluding carboxylic acids is 2. The molecule has 2 aromatic rings. The number of anilines is 1. The average Bonchev–Trinajstić information content (AvgIpc) is 2.60. The van der Waals surface area contributed by atoms with Gasteiger partial charge in [0, 0.05) is 10.6 Å². The zero-order chi connectivity index (χ0) is 18.2. The summed E-state index contributed by atoms with van der Waals surface area (Å²) in [5, 5.41) is 3.79. The summed E-state index contributed by atoms with van der Waals surface area (Å²) in [5.41, 5.74) is 1.05. The predicted molar refractivity (Wildman–Crippen MR) is 103 cm³/mol. The van der Waals surface area contributed by atoms with Gasteiger partial charge in [0.1, 0.15) is 0 Å².